The van der Waals surface area contributed by atoms with E-state index in [4.69, 9.17) is 10.5 Å². The van der Waals surface area contributed by atoms with Gasteiger partial charge in [0.25, 0.3) is 0 Å². The Labute approximate surface area is 238 Å². The normalized spacial score (nSPS) is 21.6. The van der Waals surface area contributed by atoms with Crippen LogP contribution < -0.4 is 31.7 Å². The molecule has 2 aromatic carbocycles. The standard InChI is InChI=1S/C31H45N5O4/c1-2-11-25-30(38)35-26(16-8-9-18-32)31(39)36-27(22-23-12-4-3-5-13-23)29(37)34-19-10-15-24-14-6-7-17-28(24)40-21-20-33-25/h3-7,12-14,17,25-27,33H,2,8-11,15-16,18-22,32H2,1H3,(H,34,37)(H,35,38)(H,36,39)/t25-,26+,27+/m0/s1. The van der Waals surface area contributed by atoms with Crippen molar-refractivity contribution in [1.82, 2.24) is 21.3 Å². The van der Waals surface area contributed by atoms with Gasteiger partial charge in [-0.15, -0.1) is 0 Å². The number of ether oxygens (including phenoxy) is 1. The fraction of sp³-hybridized carbons (Fsp3) is 0.516. The summed E-state index contributed by atoms with van der Waals surface area (Å²) in [6, 6.07) is 15.5. The van der Waals surface area contributed by atoms with Crippen LogP contribution in [-0.4, -0.2) is 62.1 Å². The first-order valence-electron chi connectivity index (χ1n) is 14.6. The van der Waals surface area contributed by atoms with Gasteiger partial charge in [-0.25, -0.2) is 0 Å². The predicted octanol–water partition coefficient (Wildman–Crippen LogP) is 2.23. The van der Waals surface area contributed by atoms with E-state index in [-0.39, 0.29) is 17.7 Å². The van der Waals surface area contributed by atoms with Crippen LogP contribution in [0.2, 0.25) is 0 Å². The largest absolute Gasteiger partial charge is 0.492 e. The Morgan fingerprint density at radius 3 is 2.33 bits per heavy atom. The van der Waals surface area contributed by atoms with E-state index in [0.717, 1.165) is 42.6 Å². The molecule has 0 fully saturated rings. The smallest absolute Gasteiger partial charge is 0.243 e. The van der Waals surface area contributed by atoms with Crippen molar-refractivity contribution in [2.75, 3.05) is 26.2 Å². The van der Waals surface area contributed by atoms with Crippen molar-refractivity contribution >= 4 is 17.7 Å². The molecule has 0 unspecified atom stereocenters. The van der Waals surface area contributed by atoms with Gasteiger partial charge in [-0.1, -0.05) is 61.9 Å². The summed E-state index contributed by atoms with van der Waals surface area (Å²) in [5, 5.41) is 12.2. The van der Waals surface area contributed by atoms with Crippen molar-refractivity contribution in [1.29, 1.82) is 0 Å². The highest BCUT2D eigenvalue weighted by Gasteiger charge is 2.29. The summed E-state index contributed by atoms with van der Waals surface area (Å²) in [5.41, 5.74) is 7.69. The monoisotopic (exact) mass is 551 g/mol. The number of aryl methyl sites for hydroxylation is 1. The Kier molecular flexibility index (Phi) is 13.5. The average molecular weight is 552 g/mol. The summed E-state index contributed by atoms with van der Waals surface area (Å²) in [4.78, 5) is 40.1. The number of nitrogens with one attached hydrogen (secondary N) is 4. The number of hydrogen-bond donors (Lipinski definition) is 5. The van der Waals surface area contributed by atoms with Gasteiger partial charge in [-0.05, 0) is 62.3 Å². The summed E-state index contributed by atoms with van der Waals surface area (Å²) in [6.07, 6.45) is 5.10. The number of hydrogen-bond acceptors (Lipinski definition) is 6. The fourth-order valence-corrected chi connectivity index (χ4v) is 4.84. The quantitative estimate of drug-likeness (QED) is 0.320. The van der Waals surface area contributed by atoms with Crippen molar-refractivity contribution in [3.63, 3.8) is 0 Å². The molecule has 0 bridgehead atoms. The number of rotatable bonds is 8. The third kappa shape index (κ3) is 10.3. The maximum Gasteiger partial charge on any atom is 0.243 e. The number of carbonyl (C=O) groups excluding carboxylic acids is 3. The molecule has 1 aliphatic rings. The number of nitrogens with two attached hydrogens (primary N) is 1. The Morgan fingerprint density at radius 1 is 0.825 bits per heavy atom. The number of unbranched alkanes of at least 4 members (excludes halogenated alkanes) is 1. The number of para-hydroxylation sites is 1. The van der Waals surface area contributed by atoms with Crippen LogP contribution in [0.1, 0.15) is 56.6 Å². The molecule has 9 heteroatoms. The topological polar surface area (TPSA) is 135 Å². The van der Waals surface area contributed by atoms with Gasteiger partial charge >= 0.3 is 0 Å². The van der Waals surface area contributed by atoms with E-state index in [9.17, 15) is 14.4 Å². The summed E-state index contributed by atoms with van der Waals surface area (Å²) in [6.45, 7) is 3.88. The first-order chi connectivity index (χ1) is 19.5. The maximum absolute atomic E-state index is 13.5. The summed E-state index contributed by atoms with van der Waals surface area (Å²) < 4.78 is 6.05. The van der Waals surface area contributed by atoms with E-state index in [2.05, 4.69) is 21.3 Å². The zero-order valence-electron chi connectivity index (χ0n) is 23.6. The lowest BCUT2D eigenvalue weighted by Crippen LogP contribution is -2.57. The van der Waals surface area contributed by atoms with Crippen LogP contribution in [-0.2, 0) is 27.2 Å². The molecule has 0 spiro atoms. The van der Waals surface area contributed by atoms with Gasteiger partial charge in [0.1, 0.15) is 24.4 Å². The van der Waals surface area contributed by atoms with Crippen molar-refractivity contribution < 1.29 is 19.1 Å². The molecule has 0 saturated carbocycles. The summed E-state index contributed by atoms with van der Waals surface area (Å²) >= 11 is 0. The SMILES string of the molecule is CCC[C@@H]1NCCOc2ccccc2CCCNC(=O)[C@@H](Cc2ccccc2)NC(=O)[C@@H](CCCCN)NC1=O. The molecule has 218 valence electrons. The third-order valence-corrected chi connectivity index (χ3v) is 7.03. The Balaban J connectivity index is 1.84. The predicted molar refractivity (Wildman–Crippen MR) is 157 cm³/mol. The lowest BCUT2D eigenvalue weighted by atomic mass is 10.0. The molecule has 3 amide bonds. The van der Waals surface area contributed by atoms with Crippen LogP contribution in [0.25, 0.3) is 0 Å². The van der Waals surface area contributed by atoms with E-state index in [1.165, 1.54) is 0 Å². The molecule has 0 aromatic heterocycles. The molecular weight excluding hydrogens is 506 g/mol. The number of fused-ring (bicyclic) bond motifs is 1. The molecule has 3 atom stereocenters. The zero-order valence-corrected chi connectivity index (χ0v) is 23.6. The van der Waals surface area contributed by atoms with Crippen LogP contribution in [0, 0.1) is 0 Å². The number of amides is 3. The van der Waals surface area contributed by atoms with E-state index < -0.39 is 18.1 Å². The molecule has 1 aliphatic heterocycles. The van der Waals surface area contributed by atoms with Gasteiger partial charge in [0, 0.05) is 19.5 Å². The summed E-state index contributed by atoms with van der Waals surface area (Å²) in [5.74, 6) is -0.0433. The number of carbonyl (C=O) groups is 3. The van der Waals surface area contributed by atoms with E-state index >= 15 is 0 Å². The molecular formula is C31H45N5O4. The Hall–Kier alpha value is -3.43. The van der Waals surface area contributed by atoms with Gasteiger partial charge in [-0.3, -0.25) is 14.4 Å². The third-order valence-electron chi connectivity index (χ3n) is 7.03. The first kappa shape index (κ1) is 31.1. The lowest BCUT2D eigenvalue weighted by Gasteiger charge is -2.26. The molecule has 3 rings (SSSR count). The minimum atomic E-state index is -0.775. The van der Waals surface area contributed by atoms with E-state index in [0.29, 0.717) is 51.9 Å². The molecule has 0 aliphatic carbocycles. The van der Waals surface area contributed by atoms with Crippen molar-refractivity contribution in [2.24, 2.45) is 5.73 Å². The van der Waals surface area contributed by atoms with Crippen molar-refractivity contribution in [3.8, 4) is 5.75 Å². The van der Waals surface area contributed by atoms with Crippen LogP contribution in [0.5, 0.6) is 5.75 Å². The Bertz CT molecular complexity index is 1060. The molecule has 2 aromatic rings. The zero-order chi connectivity index (χ0) is 28.6. The highest BCUT2D eigenvalue weighted by atomic mass is 16.5. The number of benzene rings is 2. The summed E-state index contributed by atoms with van der Waals surface area (Å²) in [7, 11) is 0. The average Bonchev–Trinajstić information content (AvgIpc) is 2.96. The van der Waals surface area contributed by atoms with Gasteiger partial charge in [0.15, 0.2) is 0 Å². The van der Waals surface area contributed by atoms with Gasteiger partial charge in [0.2, 0.25) is 17.7 Å². The molecule has 40 heavy (non-hydrogen) atoms. The second-order valence-electron chi connectivity index (χ2n) is 10.2. The fourth-order valence-electron chi connectivity index (χ4n) is 4.84. The van der Waals surface area contributed by atoms with Gasteiger partial charge < -0.3 is 31.7 Å². The van der Waals surface area contributed by atoms with E-state index in [1.807, 2.05) is 61.5 Å². The highest BCUT2D eigenvalue weighted by molar-refractivity contribution is 5.93. The first-order valence-corrected chi connectivity index (χ1v) is 14.6. The molecule has 9 nitrogen and oxygen atoms in total. The van der Waals surface area contributed by atoms with E-state index in [1.54, 1.807) is 0 Å². The lowest BCUT2D eigenvalue weighted by molar-refractivity contribution is -0.132. The van der Waals surface area contributed by atoms with Crippen molar-refractivity contribution in [3.05, 3.63) is 65.7 Å². The van der Waals surface area contributed by atoms with Crippen LogP contribution in [0.15, 0.2) is 54.6 Å². The van der Waals surface area contributed by atoms with Crippen LogP contribution >= 0.6 is 0 Å². The highest BCUT2D eigenvalue weighted by Crippen LogP contribution is 2.19. The van der Waals surface area contributed by atoms with Gasteiger partial charge in [0.05, 0.1) is 6.04 Å². The minimum Gasteiger partial charge on any atom is -0.492 e. The Morgan fingerprint density at radius 2 is 1.55 bits per heavy atom. The molecule has 0 saturated heterocycles. The van der Waals surface area contributed by atoms with Crippen LogP contribution in [0.4, 0.5) is 0 Å². The molecule has 0 radical (unpaired) electrons. The second kappa shape index (κ2) is 17.3. The molecule has 1 heterocycles. The maximum atomic E-state index is 13.5. The van der Waals surface area contributed by atoms with Crippen molar-refractivity contribution in [2.45, 2.75) is 76.4 Å². The molecule has 6 N–H and O–H groups in total. The van der Waals surface area contributed by atoms with Gasteiger partial charge in [-0.2, -0.15) is 0 Å². The minimum absolute atomic E-state index is 0.236. The second-order valence-corrected chi connectivity index (χ2v) is 10.2. The van der Waals surface area contributed by atoms with Crippen LogP contribution in [0.3, 0.4) is 0 Å².